The summed E-state index contributed by atoms with van der Waals surface area (Å²) < 4.78 is 7.01. The van der Waals surface area contributed by atoms with Gasteiger partial charge in [-0.1, -0.05) is 0 Å². The Balaban J connectivity index is 2.31. The Kier molecular flexibility index (Phi) is 4.00. The molecule has 0 bridgehead atoms. The van der Waals surface area contributed by atoms with Crippen LogP contribution in [0.4, 0.5) is 5.82 Å². The van der Waals surface area contributed by atoms with Crippen molar-refractivity contribution in [2.45, 2.75) is 26.8 Å². The van der Waals surface area contributed by atoms with Gasteiger partial charge in [-0.15, -0.1) is 0 Å². The minimum absolute atomic E-state index is 0.0163. The Bertz CT molecular complexity index is 565. The zero-order chi connectivity index (χ0) is 14.9. The Hall–Kier alpha value is -2.00. The second-order valence-corrected chi connectivity index (χ2v) is 5.07. The smallest absolute Gasteiger partial charge is 0.245 e. The number of carbonyl (C=O) groups is 1. The van der Waals surface area contributed by atoms with E-state index in [1.54, 1.807) is 9.47 Å². The third-order valence-electron chi connectivity index (χ3n) is 3.97. The lowest BCUT2D eigenvalue weighted by Crippen LogP contribution is -2.43. The zero-order valence-corrected chi connectivity index (χ0v) is 12.1. The number of morpholine rings is 1. The highest BCUT2D eigenvalue weighted by atomic mass is 16.5. The summed E-state index contributed by atoms with van der Waals surface area (Å²) in [5.74, 6) is 0.388. The molecule has 20 heavy (non-hydrogen) atoms. The summed E-state index contributed by atoms with van der Waals surface area (Å²) >= 11 is 0. The monoisotopic (exact) mass is 276 g/mol. The van der Waals surface area contributed by atoms with E-state index in [-0.39, 0.29) is 5.91 Å². The van der Waals surface area contributed by atoms with E-state index in [0.717, 1.165) is 11.3 Å². The summed E-state index contributed by atoms with van der Waals surface area (Å²) in [5.41, 5.74) is 8.20. The van der Waals surface area contributed by atoms with E-state index in [1.807, 2.05) is 20.8 Å². The van der Waals surface area contributed by atoms with Gasteiger partial charge in [-0.3, -0.25) is 4.79 Å². The van der Waals surface area contributed by atoms with Crippen LogP contribution in [0.5, 0.6) is 0 Å². The molecule has 1 aromatic heterocycles. The van der Waals surface area contributed by atoms with E-state index in [1.165, 1.54) is 0 Å². The van der Waals surface area contributed by atoms with Crippen molar-refractivity contribution < 1.29 is 9.53 Å². The minimum Gasteiger partial charge on any atom is -0.384 e. The largest absolute Gasteiger partial charge is 0.384 e. The fourth-order valence-electron chi connectivity index (χ4n) is 2.65. The highest BCUT2D eigenvalue weighted by Gasteiger charge is 2.27. The van der Waals surface area contributed by atoms with Crippen LogP contribution in [0.2, 0.25) is 0 Å². The maximum Gasteiger partial charge on any atom is 0.245 e. The van der Waals surface area contributed by atoms with Crippen molar-refractivity contribution in [2.75, 3.05) is 32.0 Å². The van der Waals surface area contributed by atoms with Crippen molar-refractivity contribution >= 4 is 11.7 Å². The van der Waals surface area contributed by atoms with Gasteiger partial charge in [0.25, 0.3) is 0 Å². The average molecular weight is 276 g/mol. The van der Waals surface area contributed by atoms with Crippen LogP contribution in [0, 0.1) is 25.2 Å². The normalized spacial score (nSPS) is 16.8. The number of amides is 1. The molecular weight excluding hydrogens is 256 g/mol. The summed E-state index contributed by atoms with van der Waals surface area (Å²) in [5, 5.41) is 9.15. The first-order valence-electron chi connectivity index (χ1n) is 6.72. The standard InChI is InChI=1S/C14H20N4O2/c1-9-10(2)18(13(16)12(9)8-15)11(3)14(19)17-4-6-20-7-5-17/h11H,4-7,16H2,1-3H3. The highest BCUT2D eigenvalue weighted by molar-refractivity contribution is 5.81. The van der Waals surface area contributed by atoms with E-state index in [9.17, 15) is 4.79 Å². The third kappa shape index (κ3) is 2.25. The van der Waals surface area contributed by atoms with E-state index < -0.39 is 6.04 Å². The second-order valence-electron chi connectivity index (χ2n) is 5.07. The number of anilines is 1. The molecule has 2 N–H and O–H groups in total. The molecular formula is C14H20N4O2. The number of rotatable bonds is 2. The Morgan fingerprint density at radius 2 is 2.00 bits per heavy atom. The van der Waals surface area contributed by atoms with Gasteiger partial charge < -0.3 is 19.9 Å². The molecule has 1 saturated heterocycles. The number of aromatic nitrogens is 1. The lowest BCUT2D eigenvalue weighted by Gasteiger charge is -2.30. The fourth-order valence-corrected chi connectivity index (χ4v) is 2.65. The molecule has 2 heterocycles. The molecule has 108 valence electrons. The summed E-state index contributed by atoms with van der Waals surface area (Å²) in [6.07, 6.45) is 0. The number of hydrogen-bond donors (Lipinski definition) is 1. The van der Waals surface area contributed by atoms with Gasteiger partial charge in [0.05, 0.1) is 18.8 Å². The number of nitrogen functional groups attached to an aromatic ring is 1. The van der Waals surface area contributed by atoms with Gasteiger partial charge in [-0.05, 0) is 26.3 Å². The van der Waals surface area contributed by atoms with Crippen LogP contribution in [-0.4, -0.2) is 41.7 Å². The lowest BCUT2D eigenvalue weighted by molar-refractivity contribution is -0.138. The van der Waals surface area contributed by atoms with Crippen LogP contribution in [0.1, 0.15) is 29.8 Å². The van der Waals surface area contributed by atoms with Crippen molar-refractivity contribution in [3.8, 4) is 6.07 Å². The molecule has 1 amide bonds. The van der Waals surface area contributed by atoms with Crippen LogP contribution in [-0.2, 0) is 9.53 Å². The molecule has 1 aliphatic rings. The first-order chi connectivity index (χ1) is 9.49. The number of carbonyl (C=O) groups excluding carboxylic acids is 1. The predicted octanol–water partition coefficient (Wildman–Crippen LogP) is 0.979. The molecule has 2 rings (SSSR count). The van der Waals surface area contributed by atoms with Gasteiger partial charge in [-0.2, -0.15) is 5.26 Å². The first kappa shape index (κ1) is 14.4. The topological polar surface area (TPSA) is 84.3 Å². The predicted molar refractivity (Wildman–Crippen MR) is 75.1 cm³/mol. The van der Waals surface area contributed by atoms with Crippen molar-refractivity contribution in [2.24, 2.45) is 0 Å². The molecule has 6 nitrogen and oxygen atoms in total. The van der Waals surface area contributed by atoms with Crippen molar-refractivity contribution in [3.05, 3.63) is 16.8 Å². The second kappa shape index (κ2) is 5.55. The van der Waals surface area contributed by atoms with Crippen molar-refractivity contribution in [1.29, 1.82) is 5.26 Å². The van der Waals surface area contributed by atoms with Gasteiger partial charge in [0.2, 0.25) is 5.91 Å². The van der Waals surface area contributed by atoms with Gasteiger partial charge in [-0.25, -0.2) is 0 Å². The molecule has 1 aromatic rings. The van der Waals surface area contributed by atoms with Crippen LogP contribution in [0.15, 0.2) is 0 Å². The summed E-state index contributed by atoms with van der Waals surface area (Å²) in [4.78, 5) is 14.3. The van der Waals surface area contributed by atoms with Crippen molar-refractivity contribution in [3.63, 3.8) is 0 Å². The van der Waals surface area contributed by atoms with Gasteiger partial charge in [0.1, 0.15) is 17.9 Å². The number of hydrogen-bond acceptors (Lipinski definition) is 4. The molecule has 0 saturated carbocycles. The molecule has 1 unspecified atom stereocenters. The summed E-state index contributed by atoms with van der Waals surface area (Å²) in [6, 6.07) is 1.70. The first-order valence-corrected chi connectivity index (χ1v) is 6.72. The van der Waals surface area contributed by atoms with E-state index >= 15 is 0 Å². The highest BCUT2D eigenvalue weighted by Crippen LogP contribution is 2.28. The molecule has 0 radical (unpaired) electrons. The number of nitrogens with zero attached hydrogens (tertiary/aromatic N) is 3. The summed E-state index contributed by atoms with van der Waals surface area (Å²) in [7, 11) is 0. The lowest BCUT2D eigenvalue weighted by atomic mass is 10.2. The number of nitriles is 1. The van der Waals surface area contributed by atoms with Crippen LogP contribution in [0.3, 0.4) is 0 Å². The SMILES string of the molecule is Cc1c(C#N)c(N)n(C(C)C(=O)N2CCOCC2)c1C. The maximum atomic E-state index is 12.5. The van der Waals surface area contributed by atoms with Gasteiger partial charge in [0.15, 0.2) is 0 Å². The maximum absolute atomic E-state index is 12.5. The Labute approximate surface area is 118 Å². The van der Waals surface area contributed by atoms with Crippen LogP contribution >= 0.6 is 0 Å². The van der Waals surface area contributed by atoms with E-state index in [2.05, 4.69) is 6.07 Å². The number of nitrogens with two attached hydrogens (primary N) is 1. The molecule has 6 heteroatoms. The van der Waals surface area contributed by atoms with Gasteiger partial charge in [0, 0.05) is 18.8 Å². The Morgan fingerprint density at radius 3 is 2.50 bits per heavy atom. The number of ether oxygens (including phenoxy) is 1. The zero-order valence-electron chi connectivity index (χ0n) is 12.1. The minimum atomic E-state index is -0.408. The molecule has 1 fully saturated rings. The molecule has 1 atom stereocenters. The van der Waals surface area contributed by atoms with Crippen LogP contribution < -0.4 is 5.73 Å². The quantitative estimate of drug-likeness (QED) is 0.872. The van der Waals surface area contributed by atoms with E-state index in [4.69, 9.17) is 15.7 Å². The van der Waals surface area contributed by atoms with Gasteiger partial charge >= 0.3 is 0 Å². The van der Waals surface area contributed by atoms with Crippen LogP contribution in [0.25, 0.3) is 0 Å². The summed E-state index contributed by atoms with van der Waals surface area (Å²) in [6.45, 7) is 7.91. The van der Waals surface area contributed by atoms with Crippen molar-refractivity contribution in [1.82, 2.24) is 9.47 Å². The van der Waals surface area contributed by atoms with E-state index in [0.29, 0.717) is 37.7 Å². The molecule has 0 aromatic carbocycles. The molecule has 0 aliphatic carbocycles. The fraction of sp³-hybridized carbons (Fsp3) is 0.571. The third-order valence-corrected chi connectivity index (χ3v) is 3.97. The average Bonchev–Trinajstić information content (AvgIpc) is 2.68. The Morgan fingerprint density at radius 1 is 1.40 bits per heavy atom. The molecule has 0 spiro atoms. The molecule has 1 aliphatic heterocycles.